The third-order valence-electron chi connectivity index (χ3n) is 3.03. The van der Waals surface area contributed by atoms with Gasteiger partial charge in [-0.1, -0.05) is 6.07 Å². The average molecular weight is 283 g/mol. The van der Waals surface area contributed by atoms with Crippen molar-refractivity contribution in [2.24, 2.45) is 0 Å². The van der Waals surface area contributed by atoms with Gasteiger partial charge in [-0.3, -0.25) is 9.59 Å². The zero-order valence-corrected chi connectivity index (χ0v) is 11.4. The number of nitrogens with zero attached hydrogens (tertiary/aromatic N) is 1. The Morgan fingerprint density at radius 3 is 2.95 bits per heavy atom. The van der Waals surface area contributed by atoms with Gasteiger partial charge in [0.05, 0.1) is 12.6 Å². The number of rotatable bonds is 6. The van der Waals surface area contributed by atoms with E-state index in [1.165, 1.54) is 0 Å². The summed E-state index contributed by atoms with van der Waals surface area (Å²) in [6.45, 7) is 1.66. The zero-order chi connectivity index (χ0) is 13.7. The van der Waals surface area contributed by atoms with E-state index in [2.05, 4.69) is 0 Å². The third-order valence-corrected chi connectivity index (χ3v) is 3.89. The van der Waals surface area contributed by atoms with E-state index in [0.29, 0.717) is 13.1 Å². The molecule has 1 saturated heterocycles. The fraction of sp³-hybridized carbons (Fsp3) is 0.538. The van der Waals surface area contributed by atoms with Crippen molar-refractivity contribution < 1.29 is 19.4 Å². The molecule has 0 spiro atoms. The van der Waals surface area contributed by atoms with Gasteiger partial charge < -0.3 is 14.7 Å². The van der Waals surface area contributed by atoms with Crippen LogP contribution >= 0.6 is 11.3 Å². The van der Waals surface area contributed by atoms with Crippen LogP contribution in [0, 0.1) is 0 Å². The number of amides is 1. The van der Waals surface area contributed by atoms with E-state index in [-0.39, 0.29) is 12.0 Å². The SMILES string of the molecule is O=C(O)CC(=O)N(Cc1cccs1)CC1CCCO1. The first kappa shape index (κ1) is 14.0. The highest BCUT2D eigenvalue weighted by Gasteiger charge is 2.24. The van der Waals surface area contributed by atoms with Crippen molar-refractivity contribution in [1.29, 1.82) is 0 Å². The van der Waals surface area contributed by atoms with E-state index in [1.54, 1.807) is 16.2 Å². The summed E-state index contributed by atoms with van der Waals surface area (Å²) in [4.78, 5) is 25.3. The van der Waals surface area contributed by atoms with Crippen molar-refractivity contribution in [1.82, 2.24) is 4.90 Å². The van der Waals surface area contributed by atoms with Crippen LogP contribution in [0.2, 0.25) is 0 Å². The van der Waals surface area contributed by atoms with Crippen LogP contribution in [0.1, 0.15) is 24.1 Å². The molecular formula is C13H17NO4S. The first-order chi connectivity index (χ1) is 9.15. The number of aliphatic carboxylic acids is 1. The summed E-state index contributed by atoms with van der Waals surface area (Å²) in [6, 6.07) is 3.87. The second-order valence-electron chi connectivity index (χ2n) is 4.56. The van der Waals surface area contributed by atoms with Gasteiger partial charge in [0.25, 0.3) is 0 Å². The Morgan fingerprint density at radius 2 is 2.37 bits per heavy atom. The number of ether oxygens (including phenoxy) is 1. The van der Waals surface area contributed by atoms with Crippen LogP contribution < -0.4 is 0 Å². The molecule has 104 valence electrons. The minimum Gasteiger partial charge on any atom is -0.481 e. The quantitative estimate of drug-likeness (QED) is 0.807. The number of carbonyl (C=O) groups is 2. The lowest BCUT2D eigenvalue weighted by Crippen LogP contribution is -2.37. The summed E-state index contributed by atoms with van der Waals surface area (Å²) in [7, 11) is 0. The van der Waals surface area contributed by atoms with Crippen LogP contribution in [0.15, 0.2) is 17.5 Å². The molecule has 1 aromatic rings. The molecule has 6 heteroatoms. The molecule has 1 fully saturated rings. The smallest absolute Gasteiger partial charge is 0.312 e. The molecule has 1 aliphatic rings. The van der Waals surface area contributed by atoms with Crippen LogP contribution in [-0.2, 0) is 20.9 Å². The minimum atomic E-state index is -1.09. The largest absolute Gasteiger partial charge is 0.481 e. The number of carboxylic acids is 1. The van der Waals surface area contributed by atoms with Gasteiger partial charge in [0.2, 0.25) is 5.91 Å². The first-order valence-corrected chi connectivity index (χ1v) is 7.16. The van der Waals surface area contributed by atoms with Gasteiger partial charge in [0, 0.05) is 18.0 Å². The van der Waals surface area contributed by atoms with Gasteiger partial charge in [-0.05, 0) is 24.3 Å². The third kappa shape index (κ3) is 4.33. The average Bonchev–Trinajstić information content (AvgIpc) is 2.99. The van der Waals surface area contributed by atoms with E-state index >= 15 is 0 Å². The summed E-state index contributed by atoms with van der Waals surface area (Å²) in [5.41, 5.74) is 0. The highest BCUT2D eigenvalue weighted by atomic mass is 32.1. The molecule has 0 saturated carbocycles. The number of hydrogen-bond donors (Lipinski definition) is 1. The van der Waals surface area contributed by atoms with Crippen LogP contribution in [0.3, 0.4) is 0 Å². The van der Waals surface area contributed by atoms with E-state index in [9.17, 15) is 9.59 Å². The fourth-order valence-corrected chi connectivity index (χ4v) is 2.84. The monoisotopic (exact) mass is 283 g/mol. The van der Waals surface area contributed by atoms with Gasteiger partial charge in [0.15, 0.2) is 0 Å². The highest BCUT2D eigenvalue weighted by molar-refractivity contribution is 7.09. The maximum Gasteiger partial charge on any atom is 0.312 e. The summed E-state index contributed by atoms with van der Waals surface area (Å²) >= 11 is 1.56. The van der Waals surface area contributed by atoms with Crippen molar-refractivity contribution in [3.8, 4) is 0 Å². The summed E-state index contributed by atoms with van der Waals surface area (Å²) in [6.07, 6.45) is 1.52. The maximum atomic E-state index is 12.0. The number of carbonyl (C=O) groups excluding carboxylic acids is 1. The van der Waals surface area contributed by atoms with Gasteiger partial charge in [-0.25, -0.2) is 0 Å². The van der Waals surface area contributed by atoms with E-state index in [1.807, 2.05) is 17.5 Å². The fourth-order valence-electron chi connectivity index (χ4n) is 2.12. The standard InChI is InChI=1S/C13H17NO4S/c15-12(7-13(16)17)14(8-10-3-1-5-18-10)9-11-4-2-6-19-11/h2,4,6,10H,1,3,5,7-9H2,(H,16,17). The molecule has 0 radical (unpaired) electrons. The lowest BCUT2D eigenvalue weighted by molar-refractivity contribution is -0.145. The summed E-state index contributed by atoms with van der Waals surface area (Å²) < 4.78 is 5.52. The maximum absolute atomic E-state index is 12.0. The Morgan fingerprint density at radius 1 is 1.53 bits per heavy atom. The number of hydrogen-bond acceptors (Lipinski definition) is 4. The molecule has 2 rings (SSSR count). The van der Waals surface area contributed by atoms with Gasteiger partial charge in [0.1, 0.15) is 6.42 Å². The van der Waals surface area contributed by atoms with Crippen LogP contribution in [0.5, 0.6) is 0 Å². The lowest BCUT2D eigenvalue weighted by atomic mass is 10.2. The van der Waals surface area contributed by atoms with Crippen molar-refractivity contribution in [2.75, 3.05) is 13.2 Å². The lowest BCUT2D eigenvalue weighted by Gasteiger charge is -2.24. The van der Waals surface area contributed by atoms with Gasteiger partial charge in [-0.15, -0.1) is 11.3 Å². The molecule has 0 aliphatic carbocycles. The number of thiophene rings is 1. The van der Waals surface area contributed by atoms with E-state index < -0.39 is 12.4 Å². The molecule has 1 aromatic heterocycles. The summed E-state index contributed by atoms with van der Waals surface area (Å²) in [5, 5.41) is 10.7. The second kappa shape index (κ2) is 6.68. The summed E-state index contributed by atoms with van der Waals surface area (Å²) in [5.74, 6) is -1.44. The van der Waals surface area contributed by atoms with Crippen molar-refractivity contribution in [3.05, 3.63) is 22.4 Å². The Kier molecular flexibility index (Phi) is 4.93. The molecule has 19 heavy (non-hydrogen) atoms. The Hall–Kier alpha value is -1.40. The molecule has 1 aliphatic heterocycles. The topological polar surface area (TPSA) is 66.8 Å². The first-order valence-electron chi connectivity index (χ1n) is 6.28. The predicted molar refractivity (Wildman–Crippen MR) is 71.0 cm³/mol. The van der Waals surface area contributed by atoms with Crippen molar-refractivity contribution in [3.63, 3.8) is 0 Å². The molecule has 0 aromatic carbocycles. The second-order valence-corrected chi connectivity index (χ2v) is 5.59. The van der Waals surface area contributed by atoms with E-state index in [4.69, 9.17) is 9.84 Å². The normalized spacial score (nSPS) is 18.4. The molecule has 0 bridgehead atoms. The molecule has 1 N–H and O–H groups in total. The van der Waals surface area contributed by atoms with Gasteiger partial charge in [-0.2, -0.15) is 0 Å². The Bertz CT molecular complexity index is 426. The predicted octanol–water partition coefficient (Wildman–Crippen LogP) is 1.73. The van der Waals surface area contributed by atoms with Crippen molar-refractivity contribution in [2.45, 2.75) is 31.9 Å². The molecule has 2 heterocycles. The number of carboxylic acid groups (broad SMARTS) is 1. The zero-order valence-electron chi connectivity index (χ0n) is 10.6. The molecule has 1 atom stereocenters. The van der Waals surface area contributed by atoms with Gasteiger partial charge >= 0.3 is 5.97 Å². The molecule has 1 amide bonds. The molecular weight excluding hydrogens is 266 g/mol. The Labute approximate surface area is 115 Å². The van der Waals surface area contributed by atoms with Crippen LogP contribution in [0.25, 0.3) is 0 Å². The van der Waals surface area contributed by atoms with Crippen molar-refractivity contribution >= 4 is 23.2 Å². The van der Waals surface area contributed by atoms with Crippen LogP contribution in [-0.4, -0.2) is 41.1 Å². The van der Waals surface area contributed by atoms with E-state index in [0.717, 1.165) is 24.3 Å². The highest BCUT2D eigenvalue weighted by Crippen LogP contribution is 2.17. The molecule has 1 unspecified atom stereocenters. The molecule has 5 nitrogen and oxygen atoms in total. The minimum absolute atomic E-state index is 0.0395. The Balaban J connectivity index is 1.98. The van der Waals surface area contributed by atoms with Crippen LogP contribution in [0.4, 0.5) is 0 Å².